The molecule has 1 aromatic heterocycles. The molecule has 1 aliphatic heterocycles. The van der Waals surface area contributed by atoms with Crippen LogP contribution in [0.4, 0.5) is 0 Å². The Morgan fingerprint density at radius 3 is 2.96 bits per heavy atom. The van der Waals surface area contributed by atoms with Gasteiger partial charge in [0.1, 0.15) is 0 Å². The maximum atomic E-state index is 13.2. The molecule has 0 spiro atoms. The van der Waals surface area contributed by atoms with E-state index in [9.17, 15) is 9.90 Å². The van der Waals surface area contributed by atoms with Crippen molar-refractivity contribution in [3.8, 4) is 0 Å². The molecule has 0 unspecified atom stereocenters. The molecule has 1 aliphatic carbocycles. The van der Waals surface area contributed by atoms with E-state index >= 15 is 0 Å². The minimum absolute atomic E-state index is 0.0660. The number of pyridine rings is 1. The minimum Gasteiger partial charge on any atom is -0.396 e. The summed E-state index contributed by atoms with van der Waals surface area (Å²) in [6.45, 7) is 5.62. The zero-order valence-electron chi connectivity index (χ0n) is 14.4. The van der Waals surface area contributed by atoms with Gasteiger partial charge in [0.15, 0.2) is 0 Å². The van der Waals surface area contributed by atoms with Crippen molar-refractivity contribution in [2.24, 2.45) is 11.3 Å². The van der Waals surface area contributed by atoms with Gasteiger partial charge in [0.2, 0.25) is 0 Å². The van der Waals surface area contributed by atoms with Crippen LogP contribution in [0.25, 0.3) is 10.9 Å². The molecule has 4 rings (SSSR count). The Balaban J connectivity index is 1.73. The second-order valence-corrected chi connectivity index (χ2v) is 7.63. The van der Waals surface area contributed by atoms with Crippen molar-refractivity contribution >= 4 is 16.8 Å². The van der Waals surface area contributed by atoms with Crippen LogP contribution in [0.5, 0.6) is 0 Å². The molecule has 1 amide bonds. The third-order valence-electron chi connectivity index (χ3n) is 5.96. The third-order valence-corrected chi connectivity index (χ3v) is 5.96. The number of aliphatic hydroxyl groups is 1. The fourth-order valence-corrected chi connectivity index (χ4v) is 4.65. The molecule has 2 fully saturated rings. The van der Waals surface area contributed by atoms with E-state index in [4.69, 9.17) is 0 Å². The number of rotatable bonds is 2. The molecule has 126 valence electrons. The summed E-state index contributed by atoms with van der Waals surface area (Å²) in [6, 6.07) is 7.98. The van der Waals surface area contributed by atoms with Gasteiger partial charge >= 0.3 is 0 Å². The molecule has 4 nitrogen and oxygen atoms in total. The van der Waals surface area contributed by atoms with Gasteiger partial charge in [-0.2, -0.15) is 0 Å². The van der Waals surface area contributed by atoms with Crippen molar-refractivity contribution < 1.29 is 9.90 Å². The molecule has 4 heteroatoms. The Morgan fingerprint density at radius 2 is 2.21 bits per heavy atom. The number of amides is 1. The lowest BCUT2D eigenvalue weighted by molar-refractivity contribution is 0.0736. The smallest absolute Gasteiger partial charge is 0.254 e. The summed E-state index contributed by atoms with van der Waals surface area (Å²) in [5.74, 6) is 0.528. The largest absolute Gasteiger partial charge is 0.396 e. The van der Waals surface area contributed by atoms with E-state index in [1.807, 2.05) is 43.0 Å². The number of aromatic nitrogens is 1. The Morgan fingerprint density at radius 1 is 1.38 bits per heavy atom. The average Bonchev–Trinajstić information content (AvgIpc) is 3.11. The van der Waals surface area contributed by atoms with Gasteiger partial charge < -0.3 is 10.0 Å². The first kappa shape index (κ1) is 15.6. The highest BCUT2D eigenvalue weighted by Gasteiger charge is 2.50. The normalized spacial score (nSPS) is 26.1. The number of likely N-dealkylation sites (tertiary alicyclic amines) is 1. The first-order valence-corrected chi connectivity index (χ1v) is 8.80. The van der Waals surface area contributed by atoms with E-state index in [0.717, 1.165) is 47.1 Å². The molecule has 2 atom stereocenters. The van der Waals surface area contributed by atoms with Gasteiger partial charge in [-0.05, 0) is 50.8 Å². The van der Waals surface area contributed by atoms with E-state index in [-0.39, 0.29) is 17.9 Å². The molecule has 1 N–H and O–H groups in total. The topological polar surface area (TPSA) is 53.4 Å². The van der Waals surface area contributed by atoms with E-state index in [0.29, 0.717) is 12.5 Å². The summed E-state index contributed by atoms with van der Waals surface area (Å²) in [4.78, 5) is 19.7. The van der Waals surface area contributed by atoms with Crippen molar-refractivity contribution in [3.05, 3.63) is 41.1 Å². The van der Waals surface area contributed by atoms with Gasteiger partial charge in [-0.1, -0.05) is 18.1 Å². The van der Waals surface area contributed by atoms with Crippen molar-refractivity contribution in [2.45, 2.75) is 33.1 Å². The van der Waals surface area contributed by atoms with Gasteiger partial charge in [-0.25, -0.2) is 0 Å². The van der Waals surface area contributed by atoms with E-state index in [1.165, 1.54) is 6.42 Å². The van der Waals surface area contributed by atoms with E-state index in [2.05, 4.69) is 4.98 Å². The second kappa shape index (κ2) is 5.55. The van der Waals surface area contributed by atoms with Gasteiger partial charge in [0.25, 0.3) is 5.91 Å². The lowest BCUT2D eigenvalue weighted by atomic mass is 9.82. The molecule has 24 heavy (non-hydrogen) atoms. The number of carbonyl (C=O) groups excluding carboxylic acids is 1. The van der Waals surface area contributed by atoms with E-state index in [1.54, 1.807) is 0 Å². The number of hydrogen-bond acceptors (Lipinski definition) is 3. The van der Waals surface area contributed by atoms with Gasteiger partial charge in [-0.15, -0.1) is 0 Å². The number of nitrogens with zero attached hydrogens (tertiary/aromatic N) is 2. The number of benzene rings is 1. The fourth-order valence-electron chi connectivity index (χ4n) is 4.65. The van der Waals surface area contributed by atoms with Crippen molar-refractivity contribution in [1.29, 1.82) is 0 Å². The summed E-state index contributed by atoms with van der Waals surface area (Å²) in [6.07, 6.45) is 3.33. The summed E-state index contributed by atoms with van der Waals surface area (Å²) < 4.78 is 0. The summed E-state index contributed by atoms with van der Waals surface area (Å²) in [5.41, 5.74) is 3.55. The maximum Gasteiger partial charge on any atom is 0.254 e. The van der Waals surface area contributed by atoms with Crippen LogP contribution in [-0.2, 0) is 0 Å². The highest BCUT2D eigenvalue weighted by atomic mass is 16.3. The quantitative estimate of drug-likeness (QED) is 0.923. The van der Waals surface area contributed by atoms with Gasteiger partial charge in [0.05, 0.1) is 17.7 Å². The highest BCUT2D eigenvalue weighted by Crippen LogP contribution is 2.48. The molecule has 1 saturated carbocycles. The summed E-state index contributed by atoms with van der Waals surface area (Å²) in [7, 11) is 0. The Bertz CT molecular complexity index is 817. The molecule has 2 heterocycles. The number of carbonyl (C=O) groups is 1. The minimum atomic E-state index is -0.0660. The van der Waals surface area contributed by atoms with Gasteiger partial charge in [-0.3, -0.25) is 9.78 Å². The predicted octanol–water partition coefficient (Wildman–Crippen LogP) is 3.09. The molecule has 0 radical (unpaired) electrons. The van der Waals surface area contributed by atoms with Crippen molar-refractivity contribution in [3.63, 3.8) is 0 Å². The SMILES string of the molecule is Cc1ccc2nc(C)cc(C(=O)N3C[C@H]4CCC[C@@]4(CO)C3)c2c1. The molecular weight excluding hydrogens is 300 g/mol. The van der Waals surface area contributed by atoms with E-state index < -0.39 is 0 Å². The van der Waals surface area contributed by atoms with Crippen LogP contribution in [0.15, 0.2) is 24.3 Å². The van der Waals surface area contributed by atoms with Crippen molar-refractivity contribution in [2.75, 3.05) is 19.7 Å². The zero-order valence-corrected chi connectivity index (χ0v) is 14.4. The molecule has 1 aromatic carbocycles. The van der Waals surface area contributed by atoms with Gasteiger partial charge in [0, 0.05) is 29.6 Å². The highest BCUT2D eigenvalue weighted by molar-refractivity contribution is 6.06. The number of hydrogen-bond donors (Lipinski definition) is 1. The second-order valence-electron chi connectivity index (χ2n) is 7.63. The monoisotopic (exact) mass is 324 g/mol. The van der Waals surface area contributed by atoms with Crippen LogP contribution in [0.2, 0.25) is 0 Å². The number of aliphatic hydroxyl groups excluding tert-OH is 1. The van der Waals surface area contributed by atoms with Crippen LogP contribution in [-0.4, -0.2) is 40.6 Å². The average molecular weight is 324 g/mol. The third kappa shape index (κ3) is 2.32. The number of aryl methyl sites for hydroxylation is 2. The zero-order chi connectivity index (χ0) is 16.9. The van der Waals surface area contributed by atoms with Crippen LogP contribution < -0.4 is 0 Å². The Kier molecular flexibility index (Phi) is 3.61. The molecule has 1 saturated heterocycles. The lowest BCUT2D eigenvalue weighted by Crippen LogP contribution is -2.34. The first-order valence-electron chi connectivity index (χ1n) is 8.80. The van der Waals surface area contributed by atoms with Crippen molar-refractivity contribution in [1.82, 2.24) is 9.88 Å². The van der Waals surface area contributed by atoms with Crippen LogP contribution >= 0.6 is 0 Å². The Labute approximate surface area is 142 Å². The molecule has 2 aromatic rings. The number of fused-ring (bicyclic) bond motifs is 2. The summed E-state index contributed by atoms with van der Waals surface area (Å²) >= 11 is 0. The summed E-state index contributed by atoms with van der Waals surface area (Å²) in [5, 5.41) is 10.8. The Hall–Kier alpha value is -1.94. The first-order chi connectivity index (χ1) is 11.5. The fraction of sp³-hybridized carbons (Fsp3) is 0.500. The van der Waals surface area contributed by atoms with Crippen LogP contribution in [0, 0.1) is 25.2 Å². The van der Waals surface area contributed by atoms with Crippen LogP contribution in [0.3, 0.4) is 0 Å². The predicted molar refractivity (Wildman–Crippen MR) is 94.0 cm³/mol. The lowest BCUT2D eigenvalue weighted by Gasteiger charge is -2.26. The molecule has 0 bridgehead atoms. The molecule has 2 aliphatic rings. The maximum absolute atomic E-state index is 13.2. The molecular formula is C20H24N2O2. The van der Waals surface area contributed by atoms with Crippen LogP contribution in [0.1, 0.15) is 40.9 Å². The standard InChI is InChI=1S/C20H24N2O2/c1-13-5-6-18-16(8-13)17(9-14(2)21-18)19(24)22-10-15-4-3-7-20(15,11-22)12-23/h5-6,8-9,15,23H,3-4,7,10-12H2,1-2H3/t15-,20+/m1/s1.